The number of nitrogens with one attached hydrogen (secondary N) is 2. The lowest BCUT2D eigenvalue weighted by atomic mass is 10.2. The fourth-order valence-electron chi connectivity index (χ4n) is 2.74. The topological polar surface area (TPSA) is 127 Å². The molecule has 1 amide bonds. The predicted octanol–water partition coefficient (Wildman–Crippen LogP) is 3.62. The van der Waals surface area contributed by atoms with Gasteiger partial charge in [0.2, 0.25) is 0 Å². The third-order valence-corrected chi connectivity index (χ3v) is 5.55. The standard InChI is InChI=1S/C22H23N7O3S/c1-3-13-28-20(15-23-18-7-5-4-6-8-18)25-27-22(28)33-16(2)21(30)26-24-14-17-9-11-19(12-10-17)29(31)32/h3-12,14,16,23H,1,13,15H2,2H3,(H,26,30)/t16-/m0/s1. The smallest absolute Gasteiger partial charge is 0.269 e. The number of hydrazone groups is 1. The van der Waals surface area contributed by atoms with Crippen LogP contribution in [0.4, 0.5) is 11.4 Å². The lowest BCUT2D eigenvalue weighted by molar-refractivity contribution is -0.384. The van der Waals surface area contributed by atoms with Gasteiger partial charge in [0.15, 0.2) is 11.0 Å². The van der Waals surface area contributed by atoms with E-state index in [9.17, 15) is 14.9 Å². The lowest BCUT2D eigenvalue weighted by Crippen LogP contribution is -2.27. The summed E-state index contributed by atoms with van der Waals surface area (Å²) in [5, 5.41) is 26.5. The third-order valence-electron chi connectivity index (χ3n) is 4.47. The Bertz CT molecular complexity index is 1130. The van der Waals surface area contributed by atoms with Crippen LogP contribution >= 0.6 is 11.8 Å². The van der Waals surface area contributed by atoms with Crippen molar-refractivity contribution >= 4 is 35.3 Å². The van der Waals surface area contributed by atoms with Crippen LogP contribution in [-0.2, 0) is 17.9 Å². The minimum absolute atomic E-state index is 0.0109. The van der Waals surface area contributed by atoms with Crippen LogP contribution in [0, 0.1) is 10.1 Å². The van der Waals surface area contributed by atoms with E-state index in [0.29, 0.717) is 23.8 Å². The number of non-ortho nitro benzene ring substituents is 1. The predicted molar refractivity (Wildman–Crippen MR) is 128 cm³/mol. The number of benzene rings is 2. The van der Waals surface area contributed by atoms with Gasteiger partial charge in [-0.3, -0.25) is 14.9 Å². The maximum Gasteiger partial charge on any atom is 0.269 e. The second-order valence-electron chi connectivity index (χ2n) is 6.86. The molecule has 2 N–H and O–H groups in total. The molecule has 0 aliphatic heterocycles. The SMILES string of the molecule is C=CCn1c(CNc2ccccc2)nnc1S[C@@H](C)C(=O)NN=Cc1ccc([N+](=O)[O-])cc1. The van der Waals surface area contributed by atoms with Crippen molar-refractivity contribution in [1.29, 1.82) is 0 Å². The number of allylic oxidation sites excluding steroid dienone is 1. The van der Waals surface area contributed by atoms with Crippen LogP contribution in [0.3, 0.4) is 0 Å². The molecule has 0 radical (unpaired) electrons. The molecule has 0 unspecified atom stereocenters. The summed E-state index contributed by atoms with van der Waals surface area (Å²) < 4.78 is 1.90. The average Bonchev–Trinajstić information content (AvgIpc) is 3.20. The van der Waals surface area contributed by atoms with Gasteiger partial charge < -0.3 is 9.88 Å². The second kappa shape index (κ2) is 11.6. The average molecular weight is 466 g/mol. The number of anilines is 1. The van der Waals surface area contributed by atoms with E-state index in [-0.39, 0.29) is 11.6 Å². The Morgan fingerprint density at radius 1 is 1.24 bits per heavy atom. The maximum atomic E-state index is 12.4. The first-order valence-electron chi connectivity index (χ1n) is 10.0. The number of rotatable bonds is 11. The zero-order valence-electron chi connectivity index (χ0n) is 17.9. The van der Waals surface area contributed by atoms with Crippen molar-refractivity contribution in [2.45, 2.75) is 30.4 Å². The van der Waals surface area contributed by atoms with Gasteiger partial charge in [0, 0.05) is 24.4 Å². The molecule has 0 fully saturated rings. The van der Waals surface area contributed by atoms with E-state index in [1.807, 2.05) is 34.9 Å². The van der Waals surface area contributed by atoms with Gasteiger partial charge in [0.1, 0.15) is 0 Å². The molecule has 1 heterocycles. The number of carbonyl (C=O) groups excluding carboxylic acids is 1. The van der Waals surface area contributed by atoms with Gasteiger partial charge in [-0.05, 0) is 36.8 Å². The number of thioether (sulfide) groups is 1. The minimum Gasteiger partial charge on any atom is -0.378 e. The van der Waals surface area contributed by atoms with Crippen LogP contribution in [0.5, 0.6) is 0 Å². The fraction of sp³-hybridized carbons (Fsp3) is 0.182. The van der Waals surface area contributed by atoms with Gasteiger partial charge in [-0.15, -0.1) is 16.8 Å². The largest absolute Gasteiger partial charge is 0.378 e. The first kappa shape index (κ1) is 23.7. The molecule has 11 heteroatoms. The summed E-state index contributed by atoms with van der Waals surface area (Å²) in [6.07, 6.45) is 3.17. The molecule has 170 valence electrons. The number of nitro groups is 1. The summed E-state index contributed by atoms with van der Waals surface area (Å²) in [7, 11) is 0. The van der Waals surface area contributed by atoms with Crippen LogP contribution in [0.1, 0.15) is 18.3 Å². The van der Waals surface area contributed by atoms with E-state index in [1.54, 1.807) is 25.1 Å². The lowest BCUT2D eigenvalue weighted by Gasteiger charge is -2.12. The van der Waals surface area contributed by atoms with E-state index in [4.69, 9.17) is 0 Å². The van der Waals surface area contributed by atoms with Crippen molar-refractivity contribution < 1.29 is 9.72 Å². The summed E-state index contributed by atoms with van der Waals surface area (Å²) in [5.41, 5.74) is 4.07. The summed E-state index contributed by atoms with van der Waals surface area (Å²) in [4.78, 5) is 22.7. The van der Waals surface area contributed by atoms with E-state index in [0.717, 1.165) is 11.5 Å². The summed E-state index contributed by atoms with van der Waals surface area (Å²) >= 11 is 1.27. The Hall–Kier alpha value is -3.99. The van der Waals surface area contributed by atoms with Crippen molar-refractivity contribution in [2.24, 2.45) is 5.10 Å². The van der Waals surface area contributed by atoms with Crippen molar-refractivity contribution in [2.75, 3.05) is 5.32 Å². The van der Waals surface area contributed by atoms with Gasteiger partial charge in [-0.2, -0.15) is 5.10 Å². The van der Waals surface area contributed by atoms with E-state index < -0.39 is 10.2 Å². The van der Waals surface area contributed by atoms with Crippen molar-refractivity contribution in [3.8, 4) is 0 Å². The van der Waals surface area contributed by atoms with E-state index in [1.165, 1.54) is 30.1 Å². The minimum atomic E-state index is -0.485. The van der Waals surface area contributed by atoms with Crippen LogP contribution in [0.25, 0.3) is 0 Å². The normalized spacial score (nSPS) is 11.8. The molecule has 0 aliphatic carbocycles. The molecule has 0 spiro atoms. The van der Waals surface area contributed by atoms with Crippen molar-refractivity contribution in [3.63, 3.8) is 0 Å². The molecule has 10 nitrogen and oxygen atoms in total. The number of amides is 1. The number of aromatic nitrogens is 3. The molecule has 0 saturated heterocycles. The maximum absolute atomic E-state index is 12.4. The molecule has 33 heavy (non-hydrogen) atoms. The number of hydrogen-bond acceptors (Lipinski definition) is 8. The van der Waals surface area contributed by atoms with E-state index >= 15 is 0 Å². The third kappa shape index (κ3) is 6.74. The zero-order valence-corrected chi connectivity index (χ0v) is 18.7. The molecule has 1 atom stereocenters. The number of carbonyl (C=O) groups is 1. The summed E-state index contributed by atoms with van der Waals surface area (Å²) in [6, 6.07) is 15.6. The Morgan fingerprint density at radius 3 is 2.64 bits per heavy atom. The van der Waals surface area contributed by atoms with Gasteiger partial charge >= 0.3 is 0 Å². The van der Waals surface area contributed by atoms with Crippen molar-refractivity contribution in [3.05, 3.63) is 88.8 Å². The van der Waals surface area contributed by atoms with Gasteiger partial charge in [-0.25, -0.2) is 5.43 Å². The van der Waals surface area contributed by atoms with Gasteiger partial charge in [0.25, 0.3) is 11.6 Å². The highest BCUT2D eigenvalue weighted by Crippen LogP contribution is 2.23. The van der Waals surface area contributed by atoms with Crippen LogP contribution in [0.2, 0.25) is 0 Å². The molecular weight excluding hydrogens is 442 g/mol. The molecule has 0 aliphatic rings. The highest BCUT2D eigenvalue weighted by molar-refractivity contribution is 8.00. The van der Waals surface area contributed by atoms with E-state index in [2.05, 4.69) is 32.6 Å². The fourth-order valence-corrected chi connectivity index (χ4v) is 3.61. The van der Waals surface area contributed by atoms with Crippen LogP contribution in [-0.4, -0.2) is 37.1 Å². The molecule has 0 bridgehead atoms. The number of nitrogens with zero attached hydrogens (tertiary/aromatic N) is 5. The Balaban J connectivity index is 1.58. The molecule has 3 aromatic rings. The van der Waals surface area contributed by atoms with Crippen LogP contribution in [0.15, 0.2) is 77.5 Å². The molecule has 1 aromatic heterocycles. The highest BCUT2D eigenvalue weighted by atomic mass is 32.2. The monoisotopic (exact) mass is 465 g/mol. The van der Waals surface area contributed by atoms with Gasteiger partial charge in [0.05, 0.1) is 22.9 Å². The highest BCUT2D eigenvalue weighted by Gasteiger charge is 2.19. The number of nitro benzene ring substituents is 1. The number of hydrogen-bond donors (Lipinski definition) is 2. The van der Waals surface area contributed by atoms with Crippen LogP contribution < -0.4 is 10.7 Å². The molecule has 3 rings (SSSR count). The molecular formula is C22H23N7O3S. The zero-order chi connectivity index (χ0) is 23.6. The Morgan fingerprint density at radius 2 is 1.97 bits per heavy atom. The second-order valence-corrected chi connectivity index (χ2v) is 8.17. The molecule has 0 saturated carbocycles. The first-order valence-corrected chi connectivity index (χ1v) is 10.9. The summed E-state index contributed by atoms with van der Waals surface area (Å²) in [5.74, 6) is 0.417. The first-order chi connectivity index (χ1) is 16.0. The quantitative estimate of drug-likeness (QED) is 0.146. The van der Waals surface area contributed by atoms with Gasteiger partial charge in [-0.1, -0.05) is 36.0 Å². The molecule has 2 aromatic carbocycles. The number of para-hydroxylation sites is 1. The summed E-state index contributed by atoms with van der Waals surface area (Å²) in [6.45, 7) is 6.52. The van der Waals surface area contributed by atoms with Crippen molar-refractivity contribution in [1.82, 2.24) is 20.2 Å². The Labute approximate surface area is 195 Å². The Kier molecular flexibility index (Phi) is 8.30.